The Labute approximate surface area is 164 Å². The van der Waals surface area contributed by atoms with Gasteiger partial charge < -0.3 is 16.0 Å². The summed E-state index contributed by atoms with van der Waals surface area (Å²) in [5.41, 5.74) is 7.58. The van der Waals surface area contributed by atoms with Crippen molar-refractivity contribution in [2.24, 2.45) is 5.73 Å². The van der Waals surface area contributed by atoms with E-state index in [-0.39, 0.29) is 5.91 Å². The fourth-order valence-electron chi connectivity index (χ4n) is 2.83. The number of amides is 1. The van der Waals surface area contributed by atoms with E-state index in [0.717, 1.165) is 30.9 Å². The second-order valence-corrected chi connectivity index (χ2v) is 6.33. The van der Waals surface area contributed by atoms with Crippen LogP contribution in [0.4, 0.5) is 11.5 Å². The second-order valence-electron chi connectivity index (χ2n) is 6.33. The van der Waals surface area contributed by atoms with E-state index in [1.807, 2.05) is 30.3 Å². The van der Waals surface area contributed by atoms with Crippen LogP contribution in [0.1, 0.15) is 36.5 Å². The van der Waals surface area contributed by atoms with Gasteiger partial charge in [0, 0.05) is 30.5 Å². The SMILES string of the molecule is CCCN(CC)c1ccc(C(=O)Nc2ccc(-c3n[nH]c(CN)n3)cc2)cn1. The van der Waals surface area contributed by atoms with Crippen LogP contribution in [0, 0.1) is 0 Å². The Bertz CT molecular complexity index is 903. The number of carbonyl (C=O) groups excluding carboxylic acids is 1. The smallest absolute Gasteiger partial charge is 0.257 e. The Balaban J connectivity index is 1.65. The molecule has 0 aliphatic heterocycles. The van der Waals surface area contributed by atoms with Crippen molar-refractivity contribution in [2.75, 3.05) is 23.3 Å². The topological polar surface area (TPSA) is 113 Å². The van der Waals surface area contributed by atoms with Gasteiger partial charge in [0.1, 0.15) is 11.6 Å². The van der Waals surface area contributed by atoms with Crippen LogP contribution in [0.15, 0.2) is 42.6 Å². The Morgan fingerprint density at radius 2 is 1.96 bits per heavy atom. The molecule has 3 aromatic rings. The number of nitrogens with one attached hydrogen (secondary N) is 2. The molecule has 0 atom stereocenters. The minimum atomic E-state index is -0.200. The van der Waals surface area contributed by atoms with Crippen LogP contribution in [0.2, 0.25) is 0 Å². The zero-order chi connectivity index (χ0) is 19.9. The molecule has 4 N–H and O–H groups in total. The largest absolute Gasteiger partial charge is 0.357 e. The molecule has 0 radical (unpaired) electrons. The molecule has 0 spiro atoms. The molecule has 8 nitrogen and oxygen atoms in total. The van der Waals surface area contributed by atoms with Crippen LogP contribution in [0.25, 0.3) is 11.4 Å². The Morgan fingerprint density at radius 3 is 2.54 bits per heavy atom. The molecule has 1 amide bonds. The minimum Gasteiger partial charge on any atom is -0.357 e. The van der Waals surface area contributed by atoms with Crippen LogP contribution in [0.3, 0.4) is 0 Å². The van der Waals surface area contributed by atoms with Crippen molar-refractivity contribution < 1.29 is 4.79 Å². The van der Waals surface area contributed by atoms with E-state index in [9.17, 15) is 4.79 Å². The predicted molar refractivity (Wildman–Crippen MR) is 110 cm³/mol. The summed E-state index contributed by atoms with van der Waals surface area (Å²) in [7, 11) is 0. The quantitative estimate of drug-likeness (QED) is 0.555. The first-order valence-corrected chi connectivity index (χ1v) is 9.38. The maximum Gasteiger partial charge on any atom is 0.257 e. The molecular formula is C20H25N7O. The molecule has 0 bridgehead atoms. The highest BCUT2D eigenvalue weighted by molar-refractivity contribution is 6.04. The van der Waals surface area contributed by atoms with E-state index in [4.69, 9.17) is 5.73 Å². The van der Waals surface area contributed by atoms with Gasteiger partial charge in [0.05, 0.1) is 12.1 Å². The third-order valence-electron chi connectivity index (χ3n) is 4.34. The van der Waals surface area contributed by atoms with Crippen LogP contribution < -0.4 is 16.0 Å². The summed E-state index contributed by atoms with van der Waals surface area (Å²) < 4.78 is 0. The number of aromatic amines is 1. The average molecular weight is 379 g/mol. The summed E-state index contributed by atoms with van der Waals surface area (Å²) in [6.07, 6.45) is 2.66. The van der Waals surface area contributed by atoms with Crippen LogP contribution >= 0.6 is 0 Å². The molecule has 0 aliphatic carbocycles. The number of rotatable bonds is 8. The number of aromatic nitrogens is 4. The highest BCUT2D eigenvalue weighted by atomic mass is 16.1. The summed E-state index contributed by atoms with van der Waals surface area (Å²) in [4.78, 5) is 23.4. The van der Waals surface area contributed by atoms with Gasteiger partial charge in [-0.1, -0.05) is 6.92 Å². The number of pyridine rings is 1. The van der Waals surface area contributed by atoms with E-state index in [1.165, 1.54) is 0 Å². The van der Waals surface area contributed by atoms with Gasteiger partial charge in [0.15, 0.2) is 5.82 Å². The lowest BCUT2D eigenvalue weighted by Crippen LogP contribution is -2.24. The highest BCUT2D eigenvalue weighted by Crippen LogP contribution is 2.19. The molecule has 0 saturated heterocycles. The van der Waals surface area contributed by atoms with E-state index < -0.39 is 0 Å². The van der Waals surface area contributed by atoms with Gasteiger partial charge in [-0.3, -0.25) is 9.89 Å². The molecule has 3 rings (SSSR count). The summed E-state index contributed by atoms with van der Waals surface area (Å²) in [6, 6.07) is 11.0. The monoisotopic (exact) mass is 379 g/mol. The Hall–Kier alpha value is -3.26. The summed E-state index contributed by atoms with van der Waals surface area (Å²) in [5.74, 6) is 1.89. The Morgan fingerprint density at radius 1 is 1.18 bits per heavy atom. The minimum absolute atomic E-state index is 0.200. The normalized spacial score (nSPS) is 10.7. The lowest BCUT2D eigenvalue weighted by Gasteiger charge is -2.21. The zero-order valence-electron chi connectivity index (χ0n) is 16.1. The van der Waals surface area contributed by atoms with Crippen molar-refractivity contribution in [3.05, 3.63) is 54.0 Å². The van der Waals surface area contributed by atoms with E-state index in [2.05, 4.69) is 44.2 Å². The first kappa shape index (κ1) is 19.5. The van der Waals surface area contributed by atoms with E-state index in [0.29, 0.717) is 29.4 Å². The van der Waals surface area contributed by atoms with Gasteiger partial charge in [0.2, 0.25) is 0 Å². The zero-order valence-corrected chi connectivity index (χ0v) is 16.1. The number of nitrogens with zero attached hydrogens (tertiary/aromatic N) is 4. The van der Waals surface area contributed by atoms with Crippen LogP contribution in [-0.4, -0.2) is 39.2 Å². The maximum absolute atomic E-state index is 12.5. The second kappa shape index (κ2) is 9.09. The van der Waals surface area contributed by atoms with Crippen molar-refractivity contribution in [3.63, 3.8) is 0 Å². The number of hydrogen-bond acceptors (Lipinski definition) is 6. The van der Waals surface area contributed by atoms with Gasteiger partial charge in [-0.05, 0) is 49.7 Å². The first-order valence-electron chi connectivity index (χ1n) is 9.38. The molecule has 8 heteroatoms. The van der Waals surface area contributed by atoms with Crippen LogP contribution in [0.5, 0.6) is 0 Å². The van der Waals surface area contributed by atoms with Crippen molar-refractivity contribution in [3.8, 4) is 11.4 Å². The maximum atomic E-state index is 12.5. The molecule has 2 heterocycles. The van der Waals surface area contributed by atoms with Crippen molar-refractivity contribution >= 4 is 17.4 Å². The standard InChI is InChI=1S/C20H25N7O/c1-3-11-27(4-2)18-10-7-15(13-22-18)20(28)23-16-8-5-14(6-9-16)19-24-17(12-21)25-26-19/h5-10,13H,3-4,11-12,21H2,1-2H3,(H,23,28)(H,24,25,26). The summed E-state index contributed by atoms with van der Waals surface area (Å²) >= 11 is 0. The lowest BCUT2D eigenvalue weighted by atomic mass is 10.2. The van der Waals surface area contributed by atoms with E-state index in [1.54, 1.807) is 12.3 Å². The van der Waals surface area contributed by atoms with Crippen molar-refractivity contribution in [1.82, 2.24) is 20.2 Å². The van der Waals surface area contributed by atoms with Gasteiger partial charge in [0.25, 0.3) is 5.91 Å². The van der Waals surface area contributed by atoms with Gasteiger partial charge in [-0.25, -0.2) is 9.97 Å². The number of H-pyrrole nitrogens is 1. The van der Waals surface area contributed by atoms with Crippen molar-refractivity contribution in [2.45, 2.75) is 26.8 Å². The van der Waals surface area contributed by atoms with E-state index >= 15 is 0 Å². The molecule has 0 unspecified atom stereocenters. The van der Waals surface area contributed by atoms with Gasteiger partial charge >= 0.3 is 0 Å². The number of carbonyl (C=O) groups is 1. The van der Waals surface area contributed by atoms with Gasteiger partial charge in [-0.15, -0.1) is 0 Å². The molecule has 146 valence electrons. The summed E-state index contributed by atoms with van der Waals surface area (Å²) in [5, 5.41) is 9.78. The molecule has 0 aliphatic rings. The third-order valence-corrected chi connectivity index (χ3v) is 4.34. The van der Waals surface area contributed by atoms with Crippen LogP contribution in [-0.2, 0) is 6.54 Å². The molecule has 28 heavy (non-hydrogen) atoms. The number of nitrogens with two attached hydrogens (primary N) is 1. The lowest BCUT2D eigenvalue weighted by molar-refractivity contribution is 0.102. The fourth-order valence-corrected chi connectivity index (χ4v) is 2.83. The number of anilines is 2. The molecule has 2 aromatic heterocycles. The highest BCUT2D eigenvalue weighted by Gasteiger charge is 2.10. The summed E-state index contributed by atoms with van der Waals surface area (Å²) in [6.45, 7) is 6.36. The van der Waals surface area contributed by atoms with Gasteiger partial charge in [-0.2, -0.15) is 5.10 Å². The fraction of sp³-hybridized carbons (Fsp3) is 0.300. The molecule has 1 aromatic carbocycles. The average Bonchev–Trinajstić information content (AvgIpc) is 3.22. The Kier molecular flexibility index (Phi) is 6.33. The number of benzene rings is 1. The molecular weight excluding hydrogens is 354 g/mol. The third kappa shape index (κ3) is 4.52. The molecule has 0 saturated carbocycles. The molecule has 0 fully saturated rings. The van der Waals surface area contributed by atoms with Crippen molar-refractivity contribution in [1.29, 1.82) is 0 Å². The number of hydrogen-bond donors (Lipinski definition) is 3. The first-order chi connectivity index (χ1) is 13.6. The predicted octanol–water partition coefficient (Wildman–Crippen LogP) is 2.81.